The van der Waals surface area contributed by atoms with Gasteiger partial charge in [0.1, 0.15) is 0 Å². The second-order valence-electron chi connectivity index (χ2n) is 4.85. The van der Waals surface area contributed by atoms with E-state index in [0.717, 1.165) is 25.9 Å². The topological polar surface area (TPSA) is 50.7 Å². The van der Waals surface area contributed by atoms with Crippen molar-refractivity contribution in [3.63, 3.8) is 0 Å². The average Bonchev–Trinajstić information content (AvgIpc) is 2.59. The number of hydrogen-bond donors (Lipinski definition) is 2. The molecule has 0 bridgehead atoms. The summed E-state index contributed by atoms with van der Waals surface area (Å²) < 4.78 is 11.3. The van der Waals surface area contributed by atoms with Crippen molar-refractivity contribution in [1.82, 2.24) is 5.32 Å². The molecule has 1 aliphatic heterocycles. The van der Waals surface area contributed by atoms with Gasteiger partial charge in [-0.2, -0.15) is 0 Å². The number of rotatable bonds is 7. The SMILES string of the molecule is CCCNCCC(CO)C1COC(C)(C)O1. The molecule has 2 N–H and O–H groups in total. The van der Waals surface area contributed by atoms with Crippen LogP contribution in [0, 0.1) is 5.92 Å². The van der Waals surface area contributed by atoms with Crippen LogP contribution in [-0.2, 0) is 9.47 Å². The summed E-state index contributed by atoms with van der Waals surface area (Å²) in [4.78, 5) is 0. The summed E-state index contributed by atoms with van der Waals surface area (Å²) in [6.07, 6.45) is 2.10. The quantitative estimate of drug-likeness (QED) is 0.645. The van der Waals surface area contributed by atoms with Crippen LogP contribution >= 0.6 is 0 Å². The Balaban J connectivity index is 2.26. The molecule has 96 valence electrons. The largest absolute Gasteiger partial charge is 0.396 e. The van der Waals surface area contributed by atoms with Crippen LogP contribution < -0.4 is 5.32 Å². The summed E-state index contributed by atoms with van der Waals surface area (Å²) in [5.74, 6) is -0.319. The second-order valence-corrected chi connectivity index (χ2v) is 4.85. The van der Waals surface area contributed by atoms with E-state index in [1.165, 1.54) is 0 Å². The highest BCUT2D eigenvalue weighted by molar-refractivity contribution is 4.78. The summed E-state index contributed by atoms with van der Waals surface area (Å²) in [5.41, 5.74) is 0. The van der Waals surface area contributed by atoms with Crippen molar-refractivity contribution < 1.29 is 14.6 Å². The van der Waals surface area contributed by atoms with Crippen molar-refractivity contribution in [3.05, 3.63) is 0 Å². The molecule has 0 aromatic carbocycles. The third kappa shape index (κ3) is 4.37. The smallest absolute Gasteiger partial charge is 0.163 e. The van der Waals surface area contributed by atoms with Gasteiger partial charge in [0.15, 0.2) is 5.79 Å². The molecule has 2 atom stereocenters. The maximum absolute atomic E-state index is 9.35. The molecule has 4 heteroatoms. The van der Waals surface area contributed by atoms with E-state index in [4.69, 9.17) is 9.47 Å². The van der Waals surface area contributed by atoms with Crippen LogP contribution in [0.15, 0.2) is 0 Å². The van der Waals surface area contributed by atoms with Crippen molar-refractivity contribution in [1.29, 1.82) is 0 Å². The van der Waals surface area contributed by atoms with Crippen LogP contribution in [0.3, 0.4) is 0 Å². The Bertz CT molecular complexity index is 197. The molecule has 1 heterocycles. The van der Waals surface area contributed by atoms with Crippen molar-refractivity contribution in [3.8, 4) is 0 Å². The fraction of sp³-hybridized carbons (Fsp3) is 1.00. The van der Waals surface area contributed by atoms with Crippen molar-refractivity contribution in [2.45, 2.75) is 45.5 Å². The molecule has 16 heavy (non-hydrogen) atoms. The second kappa shape index (κ2) is 6.55. The highest BCUT2D eigenvalue weighted by atomic mass is 16.7. The van der Waals surface area contributed by atoms with Crippen molar-refractivity contribution in [2.75, 3.05) is 26.3 Å². The fourth-order valence-electron chi connectivity index (χ4n) is 1.93. The van der Waals surface area contributed by atoms with Crippen LogP contribution in [-0.4, -0.2) is 43.3 Å². The summed E-state index contributed by atoms with van der Waals surface area (Å²) in [5, 5.41) is 12.7. The molecule has 0 amide bonds. The lowest BCUT2D eigenvalue weighted by atomic mass is 10.00. The van der Waals surface area contributed by atoms with Crippen LogP contribution in [0.1, 0.15) is 33.6 Å². The first-order chi connectivity index (χ1) is 7.59. The van der Waals surface area contributed by atoms with Gasteiger partial charge in [-0.1, -0.05) is 6.92 Å². The fourth-order valence-corrected chi connectivity index (χ4v) is 1.93. The molecule has 0 aromatic heterocycles. The van der Waals surface area contributed by atoms with Crippen LogP contribution in [0.5, 0.6) is 0 Å². The van der Waals surface area contributed by atoms with Gasteiger partial charge in [-0.25, -0.2) is 0 Å². The van der Waals surface area contributed by atoms with Gasteiger partial charge in [0.05, 0.1) is 12.7 Å². The van der Waals surface area contributed by atoms with E-state index in [1.807, 2.05) is 13.8 Å². The van der Waals surface area contributed by atoms with E-state index in [0.29, 0.717) is 6.61 Å². The summed E-state index contributed by atoms with van der Waals surface area (Å²) in [7, 11) is 0. The van der Waals surface area contributed by atoms with Gasteiger partial charge < -0.3 is 19.9 Å². The Morgan fingerprint density at radius 2 is 2.19 bits per heavy atom. The minimum atomic E-state index is -0.491. The normalized spacial score (nSPS) is 25.9. The van der Waals surface area contributed by atoms with E-state index in [2.05, 4.69) is 12.2 Å². The van der Waals surface area contributed by atoms with E-state index >= 15 is 0 Å². The van der Waals surface area contributed by atoms with Gasteiger partial charge in [-0.05, 0) is 39.8 Å². The molecule has 1 saturated heterocycles. The summed E-state index contributed by atoms with van der Waals surface area (Å²) in [6, 6.07) is 0. The standard InChI is InChI=1S/C12H25NO3/c1-4-6-13-7-5-10(8-14)11-9-15-12(2,3)16-11/h10-11,13-14H,4-9H2,1-3H3. The first-order valence-electron chi connectivity index (χ1n) is 6.22. The molecule has 1 aliphatic rings. The van der Waals surface area contributed by atoms with Gasteiger partial charge in [-0.3, -0.25) is 0 Å². The Hall–Kier alpha value is -0.160. The maximum atomic E-state index is 9.35. The van der Waals surface area contributed by atoms with E-state index in [-0.39, 0.29) is 18.6 Å². The lowest BCUT2D eigenvalue weighted by molar-refractivity contribution is -0.146. The summed E-state index contributed by atoms with van der Waals surface area (Å²) in [6.45, 7) is 8.69. The van der Waals surface area contributed by atoms with Crippen LogP contribution in [0.4, 0.5) is 0 Å². The molecule has 2 unspecified atom stereocenters. The van der Waals surface area contributed by atoms with Gasteiger partial charge >= 0.3 is 0 Å². The van der Waals surface area contributed by atoms with Crippen LogP contribution in [0.25, 0.3) is 0 Å². The minimum Gasteiger partial charge on any atom is -0.396 e. The Morgan fingerprint density at radius 1 is 1.44 bits per heavy atom. The molecule has 0 radical (unpaired) electrons. The van der Waals surface area contributed by atoms with Gasteiger partial charge in [0.25, 0.3) is 0 Å². The van der Waals surface area contributed by atoms with E-state index in [9.17, 15) is 5.11 Å². The average molecular weight is 231 g/mol. The highest BCUT2D eigenvalue weighted by Crippen LogP contribution is 2.27. The van der Waals surface area contributed by atoms with Crippen molar-refractivity contribution in [2.24, 2.45) is 5.92 Å². The number of aliphatic hydroxyl groups excluding tert-OH is 1. The Labute approximate surface area is 98.3 Å². The third-order valence-electron chi connectivity index (χ3n) is 2.91. The number of hydrogen-bond acceptors (Lipinski definition) is 4. The lowest BCUT2D eigenvalue weighted by Crippen LogP contribution is -2.31. The molecule has 1 rings (SSSR count). The van der Waals surface area contributed by atoms with E-state index < -0.39 is 5.79 Å². The number of nitrogens with one attached hydrogen (secondary N) is 1. The molecule has 0 aromatic rings. The lowest BCUT2D eigenvalue weighted by Gasteiger charge is -2.22. The Kier molecular flexibility index (Phi) is 5.69. The van der Waals surface area contributed by atoms with E-state index in [1.54, 1.807) is 0 Å². The van der Waals surface area contributed by atoms with Crippen LogP contribution in [0.2, 0.25) is 0 Å². The molecule has 0 aliphatic carbocycles. The van der Waals surface area contributed by atoms with Gasteiger partial charge in [0.2, 0.25) is 0 Å². The van der Waals surface area contributed by atoms with Gasteiger partial charge in [-0.15, -0.1) is 0 Å². The first kappa shape index (κ1) is 13.9. The zero-order valence-corrected chi connectivity index (χ0v) is 10.7. The first-order valence-corrected chi connectivity index (χ1v) is 6.22. The molecular weight excluding hydrogens is 206 g/mol. The third-order valence-corrected chi connectivity index (χ3v) is 2.91. The zero-order chi connectivity index (χ0) is 12.0. The highest BCUT2D eigenvalue weighted by Gasteiger charge is 2.36. The predicted molar refractivity (Wildman–Crippen MR) is 63.3 cm³/mol. The summed E-state index contributed by atoms with van der Waals surface area (Å²) >= 11 is 0. The number of ether oxygens (including phenoxy) is 2. The maximum Gasteiger partial charge on any atom is 0.163 e. The monoisotopic (exact) mass is 231 g/mol. The molecule has 1 fully saturated rings. The zero-order valence-electron chi connectivity index (χ0n) is 10.7. The molecule has 0 saturated carbocycles. The number of aliphatic hydroxyl groups is 1. The van der Waals surface area contributed by atoms with Gasteiger partial charge in [0, 0.05) is 12.5 Å². The molecule has 0 spiro atoms. The Morgan fingerprint density at radius 3 is 2.69 bits per heavy atom. The molecular formula is C12H25NO3. The predicted octanol–water partition coefficient (Wildman–Crippen LogP) is 1.14. The minimum absolute atomic E-state index is 0.0310. The molecule has 4 nitrogen and oxygen atoms in total. The van der Waals surface area contributed by atoms with Crippen molar-refractivity contribution >= 4 is 0 Å².